The third-order valence-corrected chi connectivity index (χ3v) is 5.10. The molecular formula is C20H22N4O2. The van der Waals surface area contributed by atoms with Gasteiger partial charge in [0, 0.05) is 30.3 Å². The number of piperidine rings is 1. The molecule has 3 heterocycles. The van der Waals surface area contributed by atoms with Crippen LogP contribution in [0.1, 0.15) is 47.3 Å². The first kappa shape index (κ1) is 16.6. The number of benzene rings is 1. The molecule has 1 unspecified atom stereocenters. The number of rotatable bonds is 4. The maximum atomic E-state index is 13.1. The van der Waals surface area contributed by atoms with Crippen LogP contribution in [0.25, 0.3) is 11.3 Å². The number of nitrogens with one attached hydrogen (secondary N) is 1. The van der Waals surface area contributed by atoms with Gasteiger partial charge in [-0.1, -0.05) is 42.4 Å². The van der Waals surface area contributed by atoms with Crippen LogP contribution in [-0.2, 0) is 6.42 Å². The number of likely N-dealkylation sites (tertiary alicyclic amines) is 1. The number of aryl methyl sites for hydroxylation is 1. The second-order valence-electron chi connectivity index (χ2n) is 6.70. The molecular weight excluding hydrogens is 328 g/mol. The smallest absolute Gasteiger partial charge is 0.259 e. The van der Waals surface area contributed by atoms with Crippen molar-refractivity contribution >= 4 is 5.91 Å². The van der Waals surface area contributed by atoms with Crippen LogP contribution in [0.4, 0.5) is 0 Å². The summed E-state index contributed by atoms with van der Waals surface area (Å²) in [6.07, 6.45) is 6.34. The monoisotopic (exact) mass is 350 g/mol. The molecule has 0 spiro atoms. The normalized spacial score (nSPS) is 17.4. The van der Waals surface area contributed by atoms with Gasteiger partial charge in [-0.25, -0.2) is 0 Å². The molecule has 1 N–H and O–H groups in total. The van der Waals surface area contributed by atoms with Gasteiger partial charge in [0.15, 0.2) is 0 Å². The summed E-state index contributed by atoms with van der Waals surface area (Å²) in [7, 11) is 0. The molecule has 1 amide bonds. The molecule has 134 valence electrons. The minimum Gasteiger partial charge on any atom is -0.363 e. The molecule has 1 fully saturated rings. The second-order valence-corrected chi connectivity index (χ2v) is 6.70. The van der Waals surface area contributed by atoms with Gasteiger partial charge in [-0.15, -0.1) is 0 Å². The number of amides is 1. The number of aromatic nitrogens is 3. The van der Waals surface area contributed by atoms with Gasteiger partial charge < -0.3 is 9.42 Å². The SMILES string of the molecule is CCc1cn[nH]c1C1CCCN(C(=O)c2conc2-c2ccccc2)C1. The standard InChI is InChI=1S/C20H22N4O2/c1-2-14-11-21-22-18(14)16-9-6-10-24(12-16)20(25)17-13-26-23-19(17)15-7-4-3-5-8-15/h3-5,7-8,11,13,16H,2,6,9-10,12H2,1H3,(H,21,22). The lowest BCUT2D eigenvalue weighted by Gasteiger charge is -2.32. The molecule has 26 heavy (non-hydrogen) atoms. The van der Waals surface area contributed by atoms with Crippen LogP contribution in [0.2, 0.25) is 0 Å². The van der Waals surface area contributed by atoms with Crippen molar-refractivity contribution in [2.24, 2.45) is 0 Å². The van der Waals surface area contributed by atoms with E-state index in [1.165, 1.54) is 17.5 Å². The molecule has 1 aliphatic rings. The number of hydrogen-bond acceptors (Lipinski definition) is 4. The van der Waals surface area contributed by atoms with E-state index in [1.807, 2.05) is 41.4 Å². The second kappa shape index (κ2) is 7.15. The Hall–Kier alpha value is -2.89. The zero-order valence-corrected chi connectivity index (χ0v) is 14.8. The zero-order chi connectivity index (χ0) is 17.9. The molecule has 2 aromatic heterocycles. The van der Waals surface area contributed by atoms with Crippen molar-refractivity contribution in [2.75, 3.05) is 13.1 Å². The molecule has 0 bridgehead atoms. The van der Waals surface area contributed by atoms with Crippen molar-refractivity contribution in [1.82, 2.24) is 20.3 Å². The number of carbonyl (C=O) groups is 1. The van der Waals surface area contributed by atoms with Gasteiger partial charge in [-0.05, 0) is 24.8 Å². The molecule has 0 saturated carbocycles. The molecule has 1 saturated heterocycles. The Morgan fingerprint density at radius 1 is 1.35 bits per heavy atom. The van der Waals surface area contributed by atoms with Crippen LogP contribution in [0, 0.1) is 0 Å². The van der Waals surface area contributed by atoms with E-state index in [2.05, 4.69) is 22.3 Å². The average molecular weight is 350 g/mol. The lowest BCUT2D eigenvalue weighted by Crippen LogP contribution is -2.39. The molecule has 6 nitrogen and oxygen atoms in total. The van der Waals surface area contributed by atoms with Crippen molar-refractivity contribution < 1.29 is 9.32 Å². The fourth-order valence-electron chi connectivity index (χ4n) is 3.72. The number of hydrogen-bond donors (Lipinski definition) is 1. The molecule has 1 atom stereocenters. The summed E-state index contributed by atoms with van der Waals surface area (Å²) in [4.78, 5) is 15.0. The van der Waals surface area contributed by atoms with Gasteiger partial charge in [-0.2, -0.15) is 5.10 Å². The first-order valence-electron chi connectivity index (χ1n) is 9.09. The molecule has 1 aromatic carbocycles. The Labute approximate surface area is 152 Å². The summed E-state index contributed by atoms with van der Waals surface area (Å²) in [6.45, 7) is 3.57. The van der Waals surface area contributed by atoms with Crippen LogP contribution in [0.15, 0.2) is 47.3 Å². The molecule has 4 rings (SSSR count). The Kier molecular flexibility index (Phi) is 4.56. The van der Waals surface area contributed by atoms with Gasteiger partial charge in [0.2, 0.25) is 0 Å². The van der Waals surface area contributed by atoms with E-state index in [1.54, 1.807) is 0 Å². The zero-order valence-electron chi connectivity index (χ0n) is 14.8. The highest BCUT2D eigenvalue weighted by atomic mass is 16.5. The van der Waals surface area contributed by atoms with E-state index >= 15 is 0 Å². The predicted octanol–water partition coefficient (Wildman–Crippen LogP) is 3.65. The van der Waals surface area contributed by atoms with E-state index < -0.39 is 0 Å². The van der Waals surface area contributed by atoms with Crippen molar-refractivity contribution in [2.45, 2.75) is 32.1 Å². The number of carbonyl (C=O) groups excluding carboxylic acids is 1. The Bertz CT molecular complexity index is 884. The number of nitrogens with zero attached hydrogens (tertiary/aromatic N) is 3. The summed E-state index contributed by atoms with van der Waals surface area (Å²) in [5.74, 6) is 0.276. The number of aromatic amines is 1. The predicted molar refractivity (Wildman–Crippen MR) is 97.8 cm³/mol. The van der Waals surface area contributed by atoms with E-state index in [4.69, 9.17) is 4.52 Å². The summed E-state index contributed by atoms with van der Waals surface area (Å²) < 4.78 is 5.13. The minimum atomic E-state index is -0.0210. The van der Waals surface area contributed by atoms with Crippen LogP contribution in [-0.4, -0.2) is 39.3 Å². The molecule has 6 heteroatoms. The third kappa shape index (κ3) is 3.03. The highest BCUT2D eigenvalue weighted by molar-refractivity contribution is 5.99. The fourth-order valence-corrected chi connectivity index (χ4v) is 3.72. The van der Waals surface area contributed by atoms with Gasteiger partial charge in [0.05, 0.1) is 6.20 Å². The fraction of sp³-hybridized carbons (Fsp3) is 0.350. The summed E-state index contributed by atoms with van der Waals surface area (Å²) in [5, 5.41) is 11.4. The van der Waals surface area contributed by atoms with Gasteiger partial charge in [0.1, 0.15) is 17.5 Å². The Morgan fingerprint density at radius 3 is 3.00 bits per heavy atom. The van der Waals surface area contributed by atoms with Crippen molar-refractivity contribution in [3.05, 3.63) is 59.6 Å². The van der Waals surface area contributed by atoms with Crippen LogP contribution in [0.3, 0.4) is 0 Å². The first-order valence-corrected chi connectivity index (χ1v) is 9.09. The quantitative estimate of drug-likeness (QED) is 0.779. The highest BCUT2D eigenvalue weighted by Gasteiger charge is 2.30. The average Bonchev–Trinajstić information content (AvgIpc) is 3.37. The topological polar surface area (TPSA) is 75.0 Å². The highest BCUT2D eigenvalue weighted by Crippen LogP contribution is 2.30. The Morgan fingerprint density at radius 2 is 2.19 bits per heavy atom. The largest absolute Gasteiger partial charge is 0.363 e. The van der Waals surface area contributed by atoms with Crippen LogP contribution in [0.5, 0.6) is 0 Å². The first-order chi connectivity index (χ1) is 12.8. The van der Waals surface area contributed by atoms with Crippen molar-refractivity contribution in [1.29, 1.82) is 0 Å². The van der Waals surface area contributed by atoms with E-state index in [0.29, 0.717) is 23.7 Å². The third-order valence-electron chi connectivity index (χ3n) is 5.10. The lowest BCUT2D eigenvalue weighted by atomic mass is 9.91. The summed E-state index contributed by atoms with van der Waals surface area (Å²) >= 11 is 0. The molecule has 0 aliphatic carbocycles. The minimum absolute atomic E-state index is 0.0210. The maximum absolute atomic E-state index is 13.1. The maximum Gasteiger partial charge on any atom is 0.259 e. The van der Waals surface area contributed by atoms with Crippen LogP contribution >= 0.6 is 0 Å². The Balaban J connectivity index is 1.57. The van der Waals surface area contributed by atoms with E-state index in [0.717, 1.165) is 31.4 Å². The lowest BCUT2D eigenvalue weighted by molar-refractivity contribution is 0.0705. The van der Waals surface area contributed by atoms with Crippen molar-refractivity contribution in [3.8, 4) is 11.3 Å². The van der Waals surface area contributed by atoms with Gasteiger partial charge >= 0.3 is 0 Å². The van der Waals surface area contributed by atoms with E-state index in [9.17, 15) is 4.79 Å². The van der Waals surface area contributed by atoms with Gasteiger partial charge in [-0.3, -0.25) is 9.89 Å². The van der Waals surface area contributed by atoms with Crippen molar-refractivity contribution in [3.63, 3.8) is 0 Å². The molecule has 0 radical (unpaired) electrons. The summed E-state index contributed by atoms with van der Waals surface area (Å²) in [6, 6.07) is 9.67. The molecule has 1 aliphatic heterocycles. The number of H-pyrrole nitrogens is 1. The summed E-state index contributed by atoms with van der Waals surface area (Å²) in [5.41, 5.74) is 4.42. The van der Waals surface area contributed by atoms with Gasteiger partial charge in [0.25, 0.3) is 5.91 Å². The van der Waals surface area contributed by atoms with Crippen LogP contribution < -0.4 is 0 Å². The van der Waals surface area contributed by atoms with E-state index in [-0.39, 0.29) is 5.91 Å². The molecule has 3 aromatic rings.